The van der Waals surface area contributed by atoms with Gasteiger partial charge in [-0.2, -0.15) is 18.3 Å². The van der Waals surface area contributed by atoms with Crippen LogP contribution in [0.25, 0.3) is 5.69 Å². The highest BCUT2D eigenvalue weighted by molar-refractivity contribution is 7.99. The van der Waals surface area contributed by atoms with E-state index in [9.17, 15) is 18.0 Å². The van der Waals surface area contributed by atoms with E-state index in [1.165, 1.54) is 22.7 Å². The van der Waals surface area contributed by atoms with Gasteiger partial charge in [-0.1, -0.05) is 11.6 Å². The van der Waals surface area contributed by atoms with Crippen LogP contribution in [0.4, 0.5) is 18.9 Å². The fourth-order valence-corrected chi connectivity index (χ4v) is 3.65. The maximum absolute atomic E-state index is 12.7. The molecule has 0 saturated carbocycles. The minimum absolute atomic E-state index is 0.162. The molecule has 6 nitrogen and oxygen atoms in total. The number of carbonyl (C=O) groups is 1. The third-order valence-electron chi connectivity index (χ3n) is 4.10. The summed E-state index contributed by atoms with van der Waals surface area (Å²) >= 11 is 7.45. The zero-order chi connectivity index (χ0) is 21.7. The first kappa shape index (κ1) is 22.1. The predicted octanol–water partition coefficient (Wildman–Crippen LogP) is 4.87. The van der Waals surface area contributed by atoms with Crippen LogP contribution in [0.5, 0.6) is 0 Å². The van der Waals surface area contributed by atoms with E-state index in [4.69, 9.17) is 11.6 Å². The van der Waals surface area contributed by atoms with Crippen LogP contribution in [0, 0.1) is 0 Å². The Morgan fingerprint density at radius 2 is 2.07 bits per heavy atom. The largest absolute Gasteiger partial charge is 0.417 e. The van der Waals surface area contributed by atoms with Gasteiger partial charge in [0.15, 0.2) is 5.15 Å². The SMILES string of the molecule is CCN(C(=O)CCSc1ccc(C(F)(F)F)cn1)c1cn(-c2cccnc2)nc1Cl. The van der Waals surface area contributed by atoms with E-state index in [1.807, 2.05) is 13.0 Å². The lowest BCUT2D eigenvalue weighted by atomic mass is 10.3. The fourth-order valence-electron chi connectivity index (χ4n) is 2.64. The molecule has 158 valence electrons. The van der Waals surface area contributed by atoms with Gasteiger partial charge in [0, 0.05) is 31.1 Å². The highest BCUT2D eigenvalue weighted by atomic mass is 35.5. The van der Waals surface area contributed by atoms with Crippen LogP contribution in [-0.4, -0.2) is 38.0 Å². The van der Waals surface area contributed by atoms with Crippen molar-refractivity contribution in [3.05, 3.63) is 59.8 Å². The molecule has 3 aromatic heterocycles. The molecule has 3 aromatic rings. The molecule has 0 radical (unpaired) electrons. The summed E-state index contributed by atoms with van der Waals surface area (Å²) in [6.07, 6.45) is 1.45. The fraction of sp³-hybridized carbons (Fsp3) is 0.263. The summed E-state index contributed by atoms with van der Waals surface area (Å²) in [5, 5.41) is 4.83. The lowest BCUT2D eigenvalue weighted by Crippen LogP contribution is -2.30. The van der Waals surface area contributed by atoms with Gasteiger partial charge < -0.3 is 4.90 Å². The number of hydrogen-bond donors (Lipinski definition) is 0. The second kappa shape index (κ2) is 9.48. The molecule has 3 heterocycles. The van der Waals surface area contributed by atoms with Crippen molar-refractivity contribution < 1.29 is 18.0 Å². The van der Waals surface area contributed by atoms with E-state index in [0.29, 0.717) is 28.7 Å². The number of aromatic nitrogens is 4. The second-order valence-corrected chi connectivity index (χ2v) is 7.55. The lowest BCUT2D eigenvalue weighted by Gasteiger charge is -2.19. The maximum atomic E-state index is 12.7. The monoisotopic (exact) mass is 455 g/mol. The molecule has 0 aliphatic rings. The Kier molecular flexibility index (Phi) is 6.99. The molecule has 30 heavy (non-hydrogen) atoms. The number of hydrogen-bond acceptors (Lipinski definition) is 5. The van der Waals surface area contributed by atoms with Crippen LogP contribution in [0.3, 0.4) is 0 Å². The minimum Gasteiger partial charge on any atom is -0.308 e. The van der Waals surface area contributed by atoms with Gasteiger partial charge in [-0.05, 0) is 31.2 Å². The van der Waals surface area contributed by atoms with Crippen molar-refractivity contribution in [2.45, 2.75) is 24.5 Å². The van der Waals surface area contributed by atoms with E-state index in [1.54, 1.807) is 29.3 Å². The Balaban J connectivity index is 1.62. The number of halogens is 4. The molecular weight excluding hydrogens is 439 g/mol. The van der Waals surface area contributed by atoms with Crippen molar-refractivity contribution in [2.24, 2.45) is 0 Å². The molecule has 11 heteroatoms. The summed E-state index contributed by atoms with van der Waals surface area (Å²) in [6, 6.07) is 5.85. The van der Waals surface area contributed by atoms with Crippen LogP contribution in [0.15, 0.2) is 54.1 Å². The normalized spacial score (nSPS) is 11.5. The zero-order valence-corrected chi connectivity index (χ0v) is 17.4. The standard InChI is InChI=1S/C19H17ClF3N5OS/c1-2-27(15-12-28(26-18(15)20)14-4-3-8-24-11-14)17(29)7-9-30-16-6-5-13(10-25-16)19(21,22)23/h3-6,8,10-12H,2,7,9H2,1H3. The van der Waals surface area contributed by atoms with Gasteiger partial charge in [-0.15, -0.1) is 11.8 Å². The van der Waals surface area contributed by atoms with Crippen molar-refractivity contribution in [1.82, 2.24) is 19.7 Å². The first-order valence-electron chi connectivity index (χ1n) is 8.91. The number of thioether (sulfide) groups is 1. The van der Waals surface area contributed by atoms with E-state index in [0.717, 1.165) is 12.3 Å². The number of nitrogens with zero attached hydrogens (tertiary/aromatic N) is 5. The van der Waals surface area contributed by atoms with Gasteiger partial charge in [0.1, 0.15) is 5.69 Å². The van der Waals surface area contributed by atoms with E-state index in [2.05, 4.69) is 15.1 Å². The Bertz CT molecular complexity index is 996. The summed E-state index contributed by atoms with van der Waals surface area (Å²) in [7, 11) is 0. The number of rotatable bonds is 7. The highest BCUT2D eigenvalue weighted by Crippen LogP contribution is 2.30. The lowest BCUT2D eigenvalue weighted by molar-refractivity contribution is -0.137. The third kappa shape index (κ3) is 5.31. The number of amides is 1. The van der Waals surface area contributed by atoms with Crippen LogP contribution in [0.1, 0.15) is 18.9 Å². The number of pyridine rings is 2. The maximum Gasteiger partial charge on any atom is 0.417 e. The van der Waals surface area contributed by atoms with Gasteiger partial charge in [-0.3, -0.25) is 9.78 Å². The predicted molar refractivity (Wildman–Crippen MR) is 109 cm³/mol. The van der Waals surface area contributed by atoms with Gasteiger partial charge >= 0.3 is 6.18 Å². The quantitative estimate of drug-likeness (QED) is 0.475. The van der Waals surface area contributed by atoms with Crippen molar-refractivity contribution >= 4 is 35.0 Å². The molecule has 0 aliphatic carbocycles. The van der Waals surface area contributed by atoms with Gasteiger partial charge in [0.05, 0.1) is 28.7 Å². The first-order valence-corrected chi connectivity index (χ1v) is 10.3. The molecule has 0 saturated heterocycles. The second-order valence-electron chi connectivity index (χ2n) is 6.08. The van der Waals surface area contributed by atoms with Crippen molar-refractivity contribution in [3.63, 3.8) is 0 Å². The molecule has 0 unspecified atom stereocenters. The Hall–Kier alpha value is -2.59. The first-order chi connectivity index (χ1) is 14.3. The van der Waals surface area contributed by atoms with Crippen LogP contribution < -0.4 is 4.90 Å². The summed E-state index contributed by atoms with van der Waals surface area (Å²) in [5.41, 5.74) is 0.379. The molecule has 0 spiro atoms. The molecular formula is C19H17ClF3N5OS. The van der Waals surface area contributed by atoms with E-state index < -0.39 is 11.7 Å². The van der Waals surface area contributed by atoms with Crippen LogP contribution in [-0.2, 0) is 11.0 Å². The summed E-state index contributed by atoms with van der Waals surface area (Å²) < 4.78 is 39.3. The minimum atomic E-state index is -4.42. The molecule has 0 aliphatic heterocycles. The summed E-state index contributed by atoms with van der Waals surface area (Å²) in [5.74, 6) is 0.187. The number of alkyl halides is 3. The zero-order valence-electron chi connectivity index (χ0n) is 15.8. The number of anilines is 1. The van der Waals surface area contributed by atoms with Gasteiger partial charge in [0.25, 0.3) is 0 Å². The van der Waals surface area contributed by atoms with Gasteiger partial charge in [-0.25, -0.2) is 9.67 Å². The van der Waals surface area contributed by atoms with Crippen molar-refractivity contribution in [1.29, 1.82) is 0 Å². The molecule has 0 atom stereocenters. The highest BCUT2D eigenvalue weighted by Gasteiger charge is 2.30. The molecule has 0 N–H and O–H groups in total. The number of carbonyl (C=O) groups excluding carboxylic acids is 1. The average molecular weight is 456 g/mol. The van der Waals surface area contributed by atoms with Crippen molar-refractivity contribution in [2.75, 3.05) is 17.2 Å². The molecule has 0 fully saturated rings. The Morgan fingerprint density at radius 3 is 2.67 bits per heavy atom. The third-order valence-corrected chi connectivity index (χ3v) is 5.31. The van der Waals surface area contributed by atoms with E-state index in [-0.39, 0.29) is 17.5 Å². The summed E-state index contributed by atoms with van der Waals surface area (Å²) in [4.78, 5) is 22.0. The molecule has 0 aromatic carbocycles. The van der Waals surface area contributed by atoms with Crippen LogP contribution in [0.2, 0.25) is 5.15 Å². The summed E-state index contributed by atoms with van der Waals surface area (Å²) in [6.45, 7) is 2.21. The topological polar surface area (TPSA) is 63.9 Å². The Morgan fingerprint density at radius 1 is 1.27 bits per heavy atom. The Labute approximate surface area is 180 Å². The average Bonchev–Trinajstić information content (AvgIpc) is 3.10. The van der Waals surface area contributed by atoms with Crippen molar-refractivity contribution in [3.8, 4) is 5.69 Å². The van der Waals surface area contributed by atoms with Gasteiger partial charge in [0.2, 0.25) is 5.91 Å². The van der Waals surface area contributed by atoms with E-state index >= 15 is 0 Å². The molecule has 0 bridgehead atoms. The smallest absolute Gasteiger partial charge is 0.308 e. The molecule has 1 amide bonds. The van der Waals surface area contributed by atoms with Crippen LogP contribution >= 0.6 is 23.4 Å². The molecule has 3 rings (SSSR count).